The van der Waals surface area contributed by atoms with Crippen LogP contribution in [-0.2, 0) is 16.2 Å². The summed E-state index contributed by atoms with van der Waals surface area (Å²) in [7, 11) is 0. The van der Waals surface area contributed by atoms with Crippen LogP contribution in [0.15, 0.2) is 194 Å². The van der Waals surface area contributed by atoms with Gasteiger partial charge in [0.05, 0.1) is 16.5 Å². The highest BCUT2D eigenvalue weighted by molar-refractivity contribution is 5.92. The molecule has 0 bridgehead atoms. The number of hydrogen-bond donors (Lipinski definition) is 0. The Morgan fingerprint density at radius 3 is 1.04 bits per heavy atom. The molecule has 0 radical (unpaired) electrons. The van der Waals surface area contributed by atoms with Crippen molar-refractivity contribution in [2.75, 3.05) is 9.80 Å². The summed E-state index contributed by atoms with van der Waals surface area (Å²) in [6, 6.07) is 74.7. The van der Waals surface area contributed by atoms with E-state index in [2.05, 4.69) is 259 Å². The highest BCUT2D eigenvalue weighted by atomic mass is 15.3. The van der Waals surface area contributed by atoms with Gasteiger partial charge in [0.1, 0.15) is 0 Å². The van der Waals surface area contributed by atoms with Crippen molar-refractivity contribution in [3.05, 3.63) is 228 Å². The molecule has 13 rings (SSSR count). The van der Waals surface area contributed by atoms with E-state index in [1.54, 1.807) is 0 Å². The predicted molar refractivity (Wildman–Crippen MR) is 299 cm³/mol. The number of rotatable bonds is 6. The van der Waals surface area contributed by atoms with Gasteiger partial charge in [0.15, 0.2) is 0 Å². The Bertz CT molecular complexity index is 3160. The molecule has 2 heteroatoms. The maximum Gasteiger partial charge on any atom is 0.0713 e. The minimum absolute atomic E-state index is 0.0280. The van der Waals surface area contributed by atoms with Crippen LogP contribution in [0, 0.1) is 10.8 Å². The molecule has 2 saturated carbocycles. The van der Waals surface area contributed by atoms with Crippen molar-refractivity contribution >= 4 is 22.7 Å². The summed E-state index contributed by atoms with van der Waals surface area (Å²) in [4.78, 5) is 5.43. The topological polar surface area (TPSA) is 6.48 Å². The van der Waals surface area contributed by atoms with Crippen LogP contribution in [0.4, 0.5) is 22.7 Å². The quantitative estimate of drug-likeness (QED) is 0.164. The number of anilines is 4. The molecule has 0 saturated heterocycles. The molecule has 2 nitrogen and oxygen atoms in total. The highest BCUT2D eigenvalue weighted by Gasteiger charge is 2.66. The molecular formula is C69H68N2. The first-order chi connectivity index (χ1) is 34.2. The zero-order chi connectivity index (χ0) is 48.8. The first-order valence-electron chi connectivity index (χ1n) is 26.6. The largest absolute Gasteiger partial charge is 0.334 e. The fourth-order valence-electron chi connectivity index (χ4n) is 16.1. The normalized spacial score (nSPS) is 25.9. The summed E-state index contributed by atoms with van der Waals surface area (Å²) >= 11 is 0. The lowest BCUT2D eigenvalue weighted by molar-refractivity contribution is 0.0484. The average molecular weight is 925 g/mol. The number of nitrogens with zero attached hydrogens (tertiary/aromatic N) is 2. The maximum atomic E-state index is 2.72. The van der Waals surface area contributed by atoms with E-state index >= 15 is 0 Å². The molecule has 0 spiro atoms. The van der Waals surface area contributed by atoms with E-state index in [9.17, 15) is 0 Å². The lowest BCUT2D eigenvalue weighted by atomic mass is 9.51. The van der Waals surface area contributed by atoms with Crippen molar-refractivity contribution in [2.24, 2.45) is 10.8 Å². The van der Waals surface area contributed by atoms with Gasteiger partial charge in [-0.1, -0.05) is 188 Å². The van der Waals surface area contributed by atoms with E-state index < -0.39 is 5.41 Å². The van der Waals surface area contributed by atoms with Crippen LogP contribution in [-0.4, -0.2) is 11.1 Å². The van der Waals surface area contributed by atoms with Crippen molar-refractivity contribution in [3.63, 3.8) is 0 Å². The summed E-state index contributed by atoms with van der Waals surface area (Å²) < 4.78 is 0. The molecule has 8 aromatic carbocycles. The molecule has 5 aliphatic rings. The van der Waals surface area contributed by atoms with Gasteiger partial charge in [0.25, 0.3) is 0 Å². The molecule has 4 unspecified atom stereocenters. The molecule has 2 aliphatic heterocycles. The number of fused-ring (bicyclic) bond motifs is 9. The third-order valence-electron chi connectivity index (χ3n) is 20.5. The van der Waals surface area contributed by atoms with E-state index in [0.29, 0.717) is 0 Å². The van der Waals surface area contributed by atoms with Crippen LogP contribution in [0.2, 0.25) is 0 Å². The smallest absolute Gasteiger partial charge is 0.0713 e. The SMILES string of the molecule is CC1(C)CCCC2(C)c3cc(-c4ccc5c(c4)-c4cc(-c6ccc7c(c6)C6(C)CCCC(C)(C)C6(C)N7c6ccccc6)ccc4C5(c4ccccc4)c4ccccc4)ccc3N(c3ccccc3)C12C. The van der Waals surface area contributed by atoms with Crippen LogP contribution in [0.1, 0.15) is 127 Å². The molecule has 2 fully saturated rings. The fraction of sp³-hybridized carbons (Fsp3) is 0.304. The van der Waals surface area contributed by atoms with Gasteiger partial charge in [-0.2, -0.15) is 0 Å². The van der Waals surface area contributed by atoms with Gasteiger partial charge in [0, 0.05) is 33.6 Å². The molecule has 354 valence electrons. The van der Waals surface area contributed by atoms with Crippen molar-refractivity contribution in [2.45, 2.75) is 121 Å². The molecule has 3 aliphatic carbocycles. The maximum absolute atomic E-state index is 2.72. The van der Waals surface area contributed by atoms with E-state index in [1.807, 2.05) is 0 Å². The van der Waals surface area contributed by atoms with E-state index in [1.165, 1.54) is 128 Å². The van der Waals surface area contributed by atoms with Gasteiger partial charge in [-0.15, -0.1) is 0 Å². The Hall–Kier alpha value is -6.64. The van der Waals surface area contributed by atoms with Gasteiger partial charge < -0.3 is 9.80 Å². The van der Waals surface area contributed by atoms with Crippen LogP contribution >= 0.6 is 0 Å². The van der Waals surface area contributed by atoms with E-state index in [-0.39, 0.29) is 32.7 Å². The van der Waals surface area contributed by atoms with Gasteiger partial charge in [-0.05, 0) is 178 Å². The molecule has 2 heterocycles. The molecular weight excluding hydrogens is 857 g/mol. The number of para-hydroxylation sites is 2. The Morgan fingerprint density at radius 2 is 0.662 bits per heavy atom. The highest BCUT2D eigenvalue weighted by Crippen LogP contribution is 2.68. The Morgan fingerprint density at radius 1 is 0.324 bits per heavy atom. The first-order valence-corrected chi connectivity index (χ1v) is 26.6. The molecule has 0 N–H and O–H groups in total. The van der Waals surface area contributed by atoms with Crippen LogP contribution < -0.4 is 9.80 Å². The third kappa shape index (κ3) is 5.66. The zero-order valence-corrected chi connectivity index (χ0v) is 43.1. The second-order valence-electron chi connectivity index (χ2n) is 24.1. The van der Waals surface area contributed by atoms with Crippen molar-refractivity contribution in [3.8, 4) is 33.4 Å². The monoisotopic (exact) mass is 925 g/mol. The lowest BCUT2D eigenvalue weighted by Gasteiger charge is -2.59. The van der Waals surface area contributed by atoms with E-state index in [0.717, 1.165) is 0 Å². The molecule has 0 amide bonds. The summed E-state index contributed by atoms with van der Waals surface area (Å²) in [6.45, 7) is 20.3. The second-order valence-corrected chi connectivity index (χ2v) is 24.1. The van der Waals surface area contributed by atoms with Gasteiger partial charge in [-0.25, -0.2) is 0 Å². The summed E-state index contributed by atoms with van der Waals surface area (Å²) in [5.74, 6) is 0. The minimum atomic E-state index is -0.488. The van der Waals surface area contributed by atoms with Gasteiger partial charge in [0.2, 0.25) is 0 Å². The van der Waals surface area contributed by atoms with Gasteiger partial charge in [-0.3, -0.25) is 0 Å². The van der Waals surface area contributed by atoms with Crippen molar-refractivity contribution in [1.29, 1.82) is 0 Å². The standard InChI is InChI=1S/C69H68N2/c1-63(2)39-21-41-65(5)59-45-49(33-37-61(59)70(67(63,65)7)53-27-17-11-18-28-53)47-31-35-57-55(43-47)56-44-48(32-36-58(56)69(57,51-23-13-9-14-24-51)52-25-15-10-16-26-52)50-34-38-62-60(46-50)66(6)42-22-40-64(3,4)68(66,8)71(62)54-29-19-12-20-30-54/h9-20,23-38,43-46H,21-22,39-42H2,1-8H3. The number of benzene rings is 8. The van der Waals surface area contributed by atoms with E-state index in [4.69, 9.17) is 0 Å². The Balaban J connectivity index is 1.00. The van der Waals surface area contributed by atoms with Crippen LogP contribution in [0.5, 0.6) is 0 Å². The Labute approximate surface area is 423 Å². The zero-order valence-electron chi connectivity index (χ0n) is 43.1. The average Bonchev–Trinajstić information content (AvgIpc) is 3.89. The molecule has 71 heavy (non-hydrogen) atoms. The van der Waals surface area contributed by atoms with Gasteiger partial charge >= 0.3 is 0 Å². The summed E-state index contributed by atoms with van der Waals surface area (Å²) in [5, 5.41) is 0. The summed E-state index contributed by atoms with van der Waals surface area (Å²) in [6.07, 6.45) is 7.25. The molecule has 0 aromatic heterocycles. The van der Waals surface area contributed by atoms with Crippen LogP contribution in [0.25, 0.3) is 33.4 Å². The predicted octanol–water partition coefficient (Wildman–Crippen LogP) is 18.1. The Kier molecular flexibility index (Phi) is 9.48. The minimum Gasteiger partial charge on any atom is -0.334 e. The summed E-state index contributed by atoms with van der Waals surface area (Å²) in [5.41, 5.74) is 20.7. The van der Waals surface area contributed by atoms with Crippen LogP contribution in [0.3, 0.4) is 0 Å². The molecule has 8 aromatic rings. The third-order valence-corrected chi connectivity index (χ3v) is 20.5. The first kappa shape index (κ1) is 44.3. The number of hydrogen-bond acceptors (Lipinski definition) is 2. The lowest BCUT2D eigenvalue weighted by Crippen LogP contribution is -2.64. The van der Waals surface area contributed by atoms with Crippen molar-refractivity contribution < 1.29 is 0 Å². The fourth-order valence-corrected chi connectivity index (χ4v) is 16.1. The second kappa shape index (κ2) is 15.2. The van der Waals surface area contributed by atoms with Crippen molar-refractivity contribution in [1.82, 2.24) is 0 Å². The molecule has 4 atom stereocenters.